The van der Waals surface area contributed by atoms with E-state index in [-0.39, 0.29) is 5.91 Å². The summed E-state index contributed by atoms with van der Waals surface area (Å²) in [5.41, 5.74) is 3.18. The van der Waals surface area contributed by atoms with Gasteiger partial charge in [0.1, 0.15) is 5.69 Å². The Labute approximate surface area is 160 Å². The highest BCUT2D eigenvalue weighted by Crippen LogP contribution is 2.16. The summed E-state index contributed by atoms with van der Waals surface area (Å²) in [4.78, 5) is 27.5. The molecule has 4 aromatic rings. The number of benzene rings is 1. The Bertz CT molecular complexity index is 1170. The van der Waals surface area contributed by atoms with Crippen molar-refractivity contribution in [3.8, 4) is 0 Å². The highest BCUT2D eigenvalue weighted by Gasteiger charge is 2.21. The molecule has 3 aromatic heterocycles. The first-order valence-electron chi connectivity index (χ1n) is 9.05. The molecule has 1 aromatic carbocycles. The van der Waals surface area contributed by atoms with Crippen LogP contribution in [-0.2, 0) is 11.3 Å². The number of nitrogens with zero attached hydrogens (tertiary/aromatic N) is 7. The maximum atomic E-state index is 12.7. The standard InChI is InChI=1S/C19H17N7O2/c27-19(25-6-8-28-9-7-25)16-11-21-17-18(22-16)26(24-23-17)12-13-3-4-15-14(10-13)2-1-5-20-15/h1-5,10-11H,6-9,12H2. The van der Waals surface area contributed by atoms with Crippen LogP contribution in [0.4, 0.5) is 0 Å². The van der Waals surface area contributed by atoms with Gasteiger partial charge in [0, 0.05) is 24.7 Å². The molecule has 9 nitrogen and oxygen atoms in total. The molecule has 0 bridgehead atoms. The molecule has 0 spiro atoms. The van der Waals surface area contributed by atoms with E-state index in [1.54, 1.807) is 15.8 Å². The Morgan fingerprint density at radius 2 is 2.04 bits per heavy atom. The summed E-state index contributed by atoms with van der Waals surface area (Å²) >= 11 is 0. The monoisotopic (exact) mass is 375 g/mol. The number of ether oxygens (including phenoxy) is 1. The van der Waals surface area contributed by atoms with Gasteiger partial charge in [-0.05, 0) is 23.8 Å². The number of aromatic nitrogens is 6. The highest BCUT2D eigenvalue weighted by atomic mass is 16.5. The van der Waals surface area contributed by atoms with Crippen LogP contribution in [0.3, 0.4) is 0 Å². The number of rotatable bonds is 3. The Morgan fingerprint density at radius 3 is 2.93 bits per heavy atom. The first-order valence-corrected chi connectivity index (χ1v) is 9.05. The van der Waals surface area contributed by atoms with Crippen LogP contribution >= 0.6 is 0 Å². The molecule has 0 atom stereocenters. The normalized spacial score (nSPS) is 14.6. The summed E-state index contributed by atoms with van der Waals surface area (Å²) in [7, 11) is 0. The predicted molar refractivity (Wildman–Crippen MR) is 101 cm³/mol. The van der Waals surface area contributed by atoms with E-state index in [4.69, 9.17) is 4.74 Å². The Balaban J connectivity index is 1.46. The molecule has 1 amide bonds. The fourth-order valence-electron chi connectivity index (χ4n) is 3.29. The largest absolute Gasteiger partial charge is 0.378 e. The summed E-state index contributed by atoms with van der Waals surface area (Å²) in [6.45, 7) is 2.67. The van der Waals surface area contributed by atoms with Crippen molar-refractivity contribution in [3.63, 3.8) is 0 Å². The molecule has 1 fully saturated rings. The average molecular weight is 375 g/mol. The summed E-state index contributed by atoms with van der Waals surface area (Å²) in [6, 6.07) is 9.96. The highest BCUT2D eigenvalue weighted by molar-refractivity contribution is 5.93. The maximum Gasteiger partial charge on any atom is 0.274 e. The van der Waals surface area contributed by atoms with Crippen LogP contribution in [0.15, 0.2) is 42.7 Å². The molecule has 0 N–H and O–H groups in total. The third kappa shape index (κ3) is 3.05. The van der Waals surface area contributed by atoms with Crippen LogP contribution in [0.5, 0.6) is 0 Å². The number of fused-ring (bicyclic) bond motifs is 2. The topological polar surface area (TPSA) is 98.9 Å². The van der Waals surface area contributed by atoms with Crippen molar-refractivity contribution in [2.75, 3.05) is 26.3 Å². The zero-order chi connectivity index (χ0) is 18.9. The molecule has 0 aliphatic carbocycles. The van der Waals surface area contributed by atoms with E-state index in [0.29, 0.717) is 49.8 Å². The van der Waals surface area contributed by atoms with E-state index in [1.807, 2.05) is 24.3 Å². The maximum absolute atomic E-state index is 12.7. The second kappa shape index (κ2) is 6.93. The number of pyridine rings is 1. The van der Waals surface area contributed by atoms with Gasteiger partial charge in [-0.1, -0.05) is 17.3 Å². The van der Waals surface area contributed by atoms with Gasteiger partial charge < -0.3 is 9.64 Å². The molecule has 140 valence electrons. The Hall–Kier alpha value is -3.46. The summed E-state index contributed by atoms with van der Waals surface area (Å²) in [5.74, 6) is -0.151. The zero-order valence-electron chi connectivity index (χ0n) is 15.0. The quantitative estimate of drug-likeness (QED) is 0.532. The number of carbonyl (C=O) groups is 1. The lowest BCUT2D eigenvalue weighted by Crippen LogP contribution is -2.41. The molecule has 0 saturated carbocycles. The van der Waals surface area contributed by atoms with Crippen molar-refractivity contribution in [1.29, 1.82) is 0 Å². The molecule has 9 heteroatoms. The smallest absolute Gasteiger partial charge is 0.274 e. The van der Waals surface area contributed by atoms with E-state index in [9.17, 15) is 4.79 Å². The van der Waals surface area contributed by atoms with Crippen LogP contribution in [0.1, 0.15) is 16.1 Å². The van der Waals surface area contributed by atoms with E-state index in [2.05, 4.69) is 31.3 Å². The minimum Gasteiger partial charge on any atom is -0.378 e. The predicted octanol–water partition coefficient (Wildman–Crippen LogP) is 1.29. The van der Waals surface area contributed by atoms with Gasteiger partial charge in [-0.2, -0.15) is 0 Å². The van der Waals surface area contributed by atoms with Crippen LogP contribution in [0.2, 0.25) is 0 Å². The summed E-state index contributed by atoms with van der Waals surface area (Å²) < 4.78 is 6.96. The van der Waals surface area contributed by atoms with Gasteiger partial charge in [0.2, 0.25) is 5.65 Å². The molecule has 1 aliphatic rings. The molecule has 28 heavy (non-hydrogen) atoms. The lowest BCUT2D eigenvalue weighted by Gasteiger charge is -2.26. The molecule has 1 saturated heterocycles. The van der Waals surface area contributed by atoms with Gasteiger partial charge in [0.15, 0.2) is 5.65 Å². The van der Waals surface area contributed by atoms with Gasteiger partial charge in [-0.15, -0.1) is 5.10 Å². The number of hydrogen-bond donors (Lipinski definition) is 0. The van der Waals surface area contributed by atoms with Crippen LogP contribution in [-0.4, -0.2) is 67.1 Å². The molecule has 5 rings (SSSR count). The fourth-order valence-corrected chi connectivity index (χ4v) is 3.29. The summed E-state index contributed by atoms with van der Waals surface area (Å²) in [6.07, 6.45) is 3.23. The fraction of sp³-hybridized carbons (Fsp3) is 0.263. The average Bonchev–Trinajstić information content (AvgIpc) is 3.16. The number of hydrogen-bond acceptors (Lipinski definition) is 7. The van der Waals surface area contributed by atoms with Crippen molar-refractivity contribution >= 4 is 28.1 Å². The summed E-state index contributed by atoms with van der Waals surface area (Å²) in [5, 5.41) is 9.29. The molecular weight excluding hydrogens is 358 g/mol. The van der Waals surface area contributed by atoms with Gasteiger partial charge in [-0.3, -0.25) is 9.78 Å². The Kier molecular flexibility index (Phi) is 4.13. The van der Waals surface area contributed by atoms with Gasteiger partial charge in [0.05, 0.1) is 31.5 Å². The van der Waals surface area contributed by atoms with E-state index in [1.165, 1.54) is 6.20 Å². The number of morpholine rings is 1. The molecule has 0 radical (unpaired) electrons. The van der Waals surface area contributed by atoms with E-state index in [0.717, 1.165) is 16.5 Å². The minimum absolute atomic E-state index is 0.151. The molecule has 4 heterocycles. The lowest BCUT2D eigenvalue weighted by atomic mass is 10.1. The number of carbonyl (C=O) groups excluding carboxylic acids is 1. The zero-order valence-corrected chi connectivity index (χ0v) is 15.0. The van der Waals surface area contributed by atoms with Gasteiger partial charge in [-0.25, -0.2) is 14.6 Å². The van der Waals surface area contributed by atoms with E-state index < -0.39 is 0 Å². The van der Waals surface area contributed by atoms with Crippen LogP contribution in [0.25, 0.3) is 22.2 Å². The SMILES string of the molecule is O=C(c1cnc2nnn(Cc3ccc4ncccc4c3)c2n1)N1CCOCC1. The first kappa shape index (κ1) is 16.7. The second-order valence-corrected chi connectivity index (χ2v) is 6.58. The number of amides is 1. The van der Waals surface area contributed by atoms with E-state index >= 15 is 0 Å². The van der Waals surface area contributed by atoms with Crippen molar-refractivity contribution < 1.29 is 9.53 Å². The van der Waals surface area contributed by atoms with Crippen molar-refractivity contribution in [3.05, 3.63) is 54.0 Å². The molecule has 0 unspecified atom stereocenters. The van der Waals surface area contributed by atoms with Crippen molar-refractivity contribution in [2.24, 2.45) is 0 Å². The minimum atomic E-state index is -0.151. The van der Waals surface area contributed by atoms with Crippen LogP contribution < -0.4 is 0 Å². The second-order valence-electron chi connectivity index (χ2n) is 6.58. The third-order valence-electron chi connectivity index (χ3n) is 4.74. The lowest BCUT2D eigenvalue weighted by molar-refractivity contribution is 0.0299. The third-order valence-corrected chi connectivity index (χ3v) is 4.74. The van der Waals surface area contributed by atoms with Crippen molar-refractivity contribution in [2.45, 2.75) is 6.54 Å². The van der Waals surface area contributed by atoms with Gasteiger partial charge >= 0.3 is 0 Å². The Morgan fingerprint density at radius 1 is 1.14 bits per heavy atom. The first-order chi connectivity index (χ1) is 13.8. The van der Waals surface area contributed by atoms with Gasteiger partial charge in [0.25, 0.3) is 5.91 Å². The van der Waals surface area contributed by atoms with Crippen LogP contribution in [0, 0.1) is 0 Å². The molecule has 1 aliphatic heterocycles. The van der Waals surface area contributed by atoms with Crippen molar-refractivity contribution in [1.82, 2.24) is 34.8 Å². The molecular formula is C19H17N7O2.